The molecule has 1 aromatic heterocycles. The summed E-state index contributed by atoms with van der Waals surface area (Å²) < 4.78 is 1.46. The van der Waals surface area contributed by atoms with Gasteiger partial charge < -0.3 is 26.0 Å². The van der Waals surface area contributed by atoms with E-state index in [2.05, 4.69) is 15.6 Å². The number of nitrogens with zero attached hydrogens (tertiary/aromatic N) is 2. The summed E-state index contributed by atoms with van der Waals surface area (Å²) in [7, 11) is 1.53. The summed E-state index contributed by atoms with van der Waals surface area (Å²) in [6.07, 6.45) is 1.34. The summed E-state index contributed by atoms with van der Waals surface area (Å²) in [4.78, 5) is 26.1. The topological polar surface area (TPSA) is 122 Å². The molecule has 110 valence electrons. The number of carbonyl (C=O) groups is 2. The number of nitrogens with two attached hydrogens (primary N) is 1. The van der Waals surface area contributed by atoms with Crippen LogP contribution in [0.15, 0.2) is 30.6 Å². The Morgan fingerprint density at radius 2 is 2.00 bits per heavy atom. The van der Waals surface area contributed by atoms with E-state index in [1.54, 1.807) is 24.3 Å². The molecule has 1 aromatic carbocycles. The molecule has 0 saturated heterocycles. The molecule has 0 aliphatic carbocycles. The van der Waals surface area contributed by atoms with Crippen molar-refractivity contribution in [3.8, 4) is 5.88 Å². The van der Waals surface area contributed by atoms with E-state index in [1.807, 2.05) is 0 Å². The average molecular weight is 289 g/mol. The van der Waals surface area contributed by atoms with Gasteiger partial charge in [0.15, 0.2) is 5.69 Å². The lowest BCUT2D eigenvalue weighted by Gasteiger charge is -2.08. The lowest BCUT2D eigenvalue weighted by molar-refractivity contribution is 0.0989. The van der Waals surface area contributed by atoms with Gasteiger partial charge in [0, 0.05) is 19.3 Å². The Morgan fingerprint density at radius 3 is 2.57 bits per heavy atom. The summed E-state index contributed by atoms with van der Waals surface area (Å²) in [5.74, 6) is -1.14. The van der Waals surface area contributed by atoms with Crippen molar-refractivity contribution in [2.75, 3.05) is 12.4 Å². The van der Waals surface area contributed by atoms with E-state index in [0.717, 1.165) is 5.56 Å². The van der Waals surface area contributed by atoms with Gasteiger partial charge in [0.25, 0.3) is 5.91 Å². The van der Waals surface area contributed by atoms with Crippen molar-refractivity contribution in [2.45, 2.75) is 6.54 Å². The van der Waals surface area contributed by atoms with Crippen LogP contribution >= 0.6 is 0 Å². The number of nitrogens with one attached hydrogen (secondary N) is 2. The van der Waals surface area contributed by atoms with E-state index in [1.165, 1.54) is 17.9 Å². The molecule has 3 amide bonds. The second kappa shape index (κ2) is 5.95. The molecule has 2 rings (SSSR count). The molecule has 21 heavy (non-hydrogen) atoms. The van der Waals surface area contributed by atoms with E-state index in [0.29, 0.717) is 12.2 Å². The number of carbonyl (C=O) groups excluding carboxylic acids is 2. The maximum Gasteiger partial charge on any atom is 0.318 e. The number of anilines is 1. The molecule has 1 heterocycles. The van der Waals surface area contributed by atoms with Gasteiger partial charge in [-0.25, -0.2) is 9.78 Å². The van der Waals surface area contributed by atoms with Crippen molar-refractivity contribution < 1.29 is 14.7 Å². The quantitative estimate of drug-likeness (QED) is 0.654. The largest absolute Gasteiger partial charge is 0.492 e. The summed E-state index contributed by atoms with van der Waals surface area (Å²) in [5, 5.41) is 14.5. The van der Waals surface area contributed by atoms with E-state index >= 15 is 0 Å². The number of hydrogen-bond donors (Lipinski definition) is 4. The zero-order chi connectivity index (χ0) is 15.4. The summed E-state index contributed by atoms with van der Waals surface area (Å²) in [5.41, 5.74) is 6.65. The number of benzene rings is 1. The highest BCUT2D eigenvalue weighted by Crippen LogP contribution is 2.16. The molecule has 8 nitrogen and oxygen atoms in total. The number of aromatic hydroxyl groups is 1. The van der Waals surface area contributed by atoms with Crippen LogP contribution in [0, 0.1) is 0 Å². The summed E-state index contributed by atoms with van der Waals surface area (Å²) in [6, 6.07) is 6.72. The third kappa shape index (κ3) is 3.30. The van der Waals surface area contributed by atoms with E-state index in [9.17, 15) is 14.7 Å². The molecule has 2 aromatic rings. The minimum absolute atomic E-state index is 0.0393. The lowest BCUT2D eigenvalue weighted by atomic mass is 10.2. The van der Waals surface area contributed by atoms with Crippen molar-refractivity contribution in [1.29, 1.82) is 0 Å². The molecular formula is C13H15N5O3. The molecule has 0 spiro atoms. The zero-order valence-electron chi connectivity index (χ0n) is 11.3. The SMILES string of the molecule is CNC(=O)Nc1ccc(Cn2cnc(O)c2C(N)=O)cc1. The predicted molar refractivity (Wildman–Crippen MR) is 76.0 cm³/mol. The number of urea groups is 1. The molecule has 0 bridgehead atoms. The smallest absolute Gasteiger partial charge is 0.318 e. The van der Waals surface area contributed by atoms with Crippen LogP contribution in [0.4, 0.5) is 10.5 Å². The van der Waals surface area contributed by atoms with Gasteiger partial charge in [-0.05, 0) is 17.7 Å². The molecule has 0 aliphatic heterocycles. The van der Waals surface area contributed by atoms with Gasteiger partial charge in [0.1, 0.15) is 0 Å². The number of imidazole rings is 1. The van der Waals surface area contributed by atoms with Gasteiger partial charge in [0.05, 0.1) is 6.33 Å². The lowest BCUT2D eigenvalue weighted by Crippen LogP contribution is -2.24. The standard InChI is InChI=1S/C13H15N5O3/c1-15-13(21)17-9-4-2-8(3-5-9)6-18-7-16-12(20)10(18)11(14)19/h2-5,7,20H,6H2,1H3,(H2,14,19)(H2,15,17,21). The third-order valence-corrected chi connectivity index (χ3v) is 2.84. The Kier molecular flexibility index (Phi) is 4.07. The average Bonchev–Trinajstić information content (AvgIpc) is 2.81. The highest BCUT2D eigenvalue weighted by atomic mass is 16.3. The second-order valence-electron chi connectivity index (χ2n) is 4.31. The number of aromatic nitrogens is 2. The van der Waals surface area contributed by atoms with Crippen LogP contribution in [-0.2, 0) is 6.54 Å². The van der Waals surface area contributed by atoms with Gasteiger partial charge in [-0.2, -0.15) is 0 Å². The molecule has 0 saturated carbocycles. The minimum Gasteiger partial charge on any atom is -0.492 e. The van der Waals surface area contributed by atoms with Crippen LogP contribution in [-0.4, -0.2) is 33.6 Å². The Bertz CT molecular complexity index is 663. The van der Waals surface area contributed by atoms with Crippen LogP contribution in [0.1, 0.15) is 16.1 Å². The highest BCUT2D eigenvalue weighted by molar-refractivity contribution is 5.93. The van der Waals surface area contributed by atoms with Gasteiger partial charge in [-0.15, -0.1) is 0 Å². The first-order chi connectivity index (χ1) is 10.0. The van der Waals surface area contributed by atoms with Crippen molar-refractivity contribution >= 4 is 17.6 Å². The number of amides is 3. The highest BCUT2D eigenvalue weighted by Gasteiger charge is 2.15. The van der Waals surface area contributed by atoms with Gasteiger partial charge in [0.2, 0.25) is 5.88 Å². The van der Waals surface area contributed by atoms with Gasteiger partial charge in [-0.1, -0.05) is 12.1 Å². The van der Waals surface area contributed by atoms with Crippen molar-refractivity contribution in [2.24, 2.45) is 5.73 Å². The maximum absolute atomic E-state index is 11.2. The minimum atomic E-state index is -0.747. The van der Waals surface area contributed by atoms with Gasteiger partial charge >= 0.3 is 6.03 Å². The Balaban J connectivity index is 2.14. The molecule has 0 fully saturated rings. The molecule has 0 atom stereocenters. The van der Waals surface area contributed by atoms with Crippen LogP contribution in [0.3, 0.4) is 0 Å². The fourth-order valence-electron chi connectivity index (χ4n) is 1.83. The molecule has 0 aliphatic rings. The number of hydrogen-bond acceptors (Lipinski definition) is 4. The van der Waals surface area contributed by atoms with E-state index < -0.39 is 5.91 Å². The van der Waals surface area contributed by atoms with Crippen molar-refractivity contribution in [3.05, 3.63) is 41.9 Å². The second-order valence-corrected chi connectivity index (χ2v) is 4.31. The maximum atomic E-state index is 11.2. The first-order valence-corrected chi connectivity index (χ1v) is 6.13. The van der Waals surface area contributed by atoms with Crippen LogP contribution in [0.25, 0.3) is 0 Å². The third-order valence-electron chi connectivity index (χ3n) is 2.84. The van der Waals surface area contributed by atoms with Crippen LogP contribution in [0.2, 0.25) is 0 Å². The molecule has 5 N–H and O–H groups in total. The molecule has 0 unspecified atom stereocenters. The first kappa shape index (κ1) is 14.4. The Hall–Kier alpha value is -3.03. The summed E-state index contributed by atoms with van der Waals surface area (Å²) >= 11 is 0. The van der Waals surface area contributed by atoms with E-state index in [4.69, 9.17) is 5.73 Å². The Labute approximate surface area is 120 Å². The number of primary amides is 1. The summed E-state index contributed by atoms with van der Waals surface area (Å²) in [6.45, 7) is 0.325. The Morgan fingerprint density at radius 1 is 1.33 bits per heavy atom. The van der Waals surface area contributed by atoms with Gasteiger partial charge in [-0.3, -0.25) is 4.79 Å². The normalized spacial score (nSPS) is 10.1. The zero-order valence-corrected chi connectivity index (χ0v) is 11.3. The fourth-order valence-corrected chi connectivity index (χ4v) is 1.83. The van der Waals surface area contributed by atoms with E-state index in [-0.39, 0.29) is 17.6 Å². The number of rotatable bonds is 4. The van der Waals surface area contributed by atoms with Crippen LogP contribution in [0.5, 0.6) is 5.88 Å². The predicted octanol–water partition coefficient (Wildman–Crippen LogP) is 0.487. The van der Waals surface area contributed by atoms with Crippen molar-refractivity contribution in [1.82, 2.24) is 14.9 Å². The molecular weight excluding hydrogens is 274 g/mol. The monoisotopic (exact) mass is 289 g/mol. The molecule has 8 heteroatoms. The first-order valence-electron chi connectivity index (χ1n) is 6.13. The fraction of sp³-hybridized carbons (Fsp3) is 0.154. The van der Waals surface area contributed by atoms with Crippen molar-refractivity contribution in [3.63, 3.8) is 0 Å². The van der Waals surface area contributed by atoms with Crippen LogP contribution < -0.4 is 16.4 Å². The molecule has 0 radical (unpaired) electrons.